The second kappa shape index (κ2) is 3.20. The number of aryl methyl sites for hydroxylation is 2. The van der Waals surface area contributed by atoms with Crippen LogP contribution in [0.15, 0.2) is 30.5 Å². The molecule has 2 aromatic heterocycles. The molecule has 0 atom stereocenters. The van der Waals surface area contributed by atoms with Gasteiger partial charge in [-0.15, -0.1) is 0 Å². The normalized spacial score (nSPS) is 11.1. The van der Waals surface area contributed by atoms with Crippen LogP contribution in [0, 0.1) is 6.92 Å². The molecule has 0 aliphatic heterocycles. The van der Waals surface area contributed by atoms with Crippen molar-refractivity contribution >= 4 is 11.0 Å². The van der Waals surface area contributed by atoms with Crippen molar-refractivity contribution in [3.63, 3.8) is 0 Å². The van der Waals surface area contributed by atoms with Crippen molar-refractivity contribution in [3.8, 4) is 11.6 Å². The summed E-state index contributed by atoms with van der Waals surface area (Å²) in [6.45, 7) is 1.99. The molecule has 0 saturated heterocycles. The summed E-state index contributed by atoms with van der Waals surface area (Å²) >= 11 is 0. The van der Waals surface area contributed by atoms with Gasteiger partial charge in [0.25, 0.3) is 0 Å². The second-order valence-corrected chi connectivity index (χ2v) is 3.90. The van der Waals surface area contributed by atoms with E-state index in [0.29, 0.717) is 0 Å². The maximum Gasteiger partial charge on any atom is 0.177 e. The highest BCUT2D eigenvalue weighted by Crippen LogP contribution is 2.20. The van der Waals surface area contributed by atoms with Gasteiger partial charge in [-0.1, -0.05) is 12.1 Å². The Morgan fingerprint density at radius 3 is 2.75 bits per heavy atom. The first-order valence-electron chi connectivity index (χ1n) is 5.19. The van der Waals surface area contributed by atoms with E-state index in [-0.39, 0.29) is 0 Å². The third-order valence-electron chi connectivity index (χ3n) is 2.70. The molecule has 3 aromatic rings. The molecule has 1 N–H and O–H groups in total. The monoisotopic (exact) mass is 212 g/mol. The zero-order valence-electron chi connectivity index (χ0n) is 9.23. The van der Waals surface area contributed by atoms with Crippen LogP contribution < -0.4 is 0 Å². The Kier molecular flexibility index (Phi) is 1.83. The quantitative estimate of drug-likeness (QED) is 0.672. The molecule has 80 valence electrons. The van der Waals surface area contributed by atoms with E-state index < -0.39 is 0 Å². The van der Waals surface area contributed by atoms with E-state index in [1.807, 2.05) is 42.9 Å². The summed E-state index contributed by atoms with van der Waals surface area (Å²) < 4.78 is 2.05. The highest BCUT2D eigenvalue weighted by molar-refractivity contribution is 5.79. The van der Waals surface area contributed by atoms with Gasteiger partial charge in [0, 0.05) is 18.9 Å². The van der Waals surface area contributed by atoms with Crippen LogP contribution >= 0.6 is 0 Å². The number of para-hydroxylation sites is 2. The minimum Gasteiger partial charge on any atom is -0.340 e. The van der Waals surface area contributed by atoms with Crippen LogP contribution in [0.2, 0.25) is 0 Å². The summed E-state index contributed by atoms with van der Waals surface area (Å²) in [7, 11) is 2.00. The zero-order chi connectivity index (χ0) is 11.1. The molecule has 0 aliphatic rings. The van der Waals surface area contributed by atoms with Gasteiger partial charge in [-0.05, 0) is 19.1 Å². The summed E-state index contributed by atoms with van der Waals surface area (Å²) in [6.07, 6.45) is 1.81. The molecule has 0 saturated carbocycles. The summed E-state index contributed by atoms with van der Waals surface area (Å²) in [5, 5.41) is 0. The lowest BCUT2D eigenvalue weighted by atomic mass is 10.3. The van der Waals surface area contributed by atoms with E-state index in [4.69, 9.17) is 0 Å². The van der Waals surface area contributed by atoms with Crippen LogP contribution in [0.5, 0.6) is 0 Å². The fraction of sp³-hybridized carbons (Fsp3) is 0.167. The number of benzene rings is 1. The number of H-pyrrole nitrogens is 1. The molecule has 4 nitrogen and oxygen atoms in total. The molecule has 0 bridgehead atoms. The Morgan fingerprint density at radius 1 is 1.25 bits per heavy atom. The molecule has 1 aromatic carbocycles. The van der Waals surface area contributed by atoms with Crippen LogP contribution in [0.3, 0.4) is 0 Å². The van der Waals surface area contributed by atoms with E-state index in [0.717, 1.165) is 28.4 Å². The van der Waals surface area contributed by atoms with Crippen LogP contribution in [0.1, 0.15) is 5.69 Å². The van der Waals surface area contributed by atoms with Crippen molar-refractivity contribution in [2.24, 2.45) is 7.05 Å². The van der Waals surface area contributed by atoms with Crippen molar-refractivity contribution < 1.29 is 0 Å². The molecule has 0 amide bonds. The summed E-state index contributed by atoms with van der Waals surface area (Å²) in [4.78, 5) is 12.1. The Bertz CT molecular complexity index is 648. The number of nitrogens with one attached hydrogen (secondary N) is 1. The number of rotatable bonds is 1. The summed E-state index contributed by atoms with van der Waals surface area (Å²) in [6, 6.07) is 8.07. The fourth-order valence-corrected chi connectivity index (χ4v) is 1.88. The number of hydrogen-bond donors (Lipinski definition) is 1. The largest absolute Gasteiger partial charge is 0.340 e. The minimum atomic E-state index is 0.816. The predicted octanol–water partition coefficient (Wildman–Crippen LogP) is 2.27. The van der Waals surface area contributed by atoms with Crippen molar-refractivity contribution in [1.29, 1.82) is 0 Å². The van der Waals surface area contributed by atoms with Gasteiger partial charge >= 0.3 is 0 Å². The molecular weight excluding hydrogens is 200 g/mol. The first-order chi connectivity index (χ1) is 7.75. The number of aromatic nitrogens is 4. The van der Waals surface area contributed by atoms with Crippen LogP contribution in [-0.2, 0) is 7.05 Å². The summed E-state index contributed by atoms with van der Waals surface area (Å²) in [5.74, 6) is 1.69. The molecule has 2 heterocycles. The number of nitrogens with zero attached hydrogens (tertiary/aromatic N) is 3. The van der Waals surface area contributed by atoms with Gasteiger partial charge in [0.15, 0.2) is 11.6 Å². The second-order valence-electron chi connectivity index (χ2n) is 3.90. The smallest absolute Gasteiger partial charge is 0.177 e. The number of fused-ring (bicyclic) bond motifs is 1. The first-order valence-corrected chi connectivity index (χ1v) is 5.19. The van der Waals surface area contributed by atoms with E-state index in [9.17, 15) is 0 Å². The molecular formula is C12H12N4. The number of aromatic amines is 1. The number of imidazole rings is 2. The highest BCUT2D eigenvalue weighted by atomic mass is 15.1. The predicted molar refractivity (Wildman–Crippen MR) is 63.0 cm³/mol. The summed E-state index contributed by atoms with van der Waals surface area (Å²) in [5.41, 5.74) is 3.16. The molecule has 0 spiro atoms. The van der Waals surface area contributed by atoms with Gasteiger partial charge in [0.2, 0.25) is 0 Å². The molecule has 0 radical (unpaired) electrons. The fourth-order valence-electron chi connectivity index (χ4n) is 1.88. The van der Waals surface area contributed by atoms with Crippen LogP contribution in [-0.4, -0.2) is 19.5 Å². The Labute approximate surface area is 93.0 Å². The Hall–Kier alpha value is -2.10. The molecule has 0 aliphatic carbocycles. The van der Waals surface area contributed by atoms with Crippen molar-refractivity contribution in [2.75, 3.05) is 0 Å². The Balaban J connectivity index is 2.28. The van der Waals surface area contributed by atoms with E-state index in [1.54, 1.807) is 0 Å². The lowest BCUT2D eigenvalue weighted by molar-refractivity contribution is 0.943. The maximum atomic E-state index is 4.57. The molecule has 0 fully saturated rings. The molecule has 0 unspecified atom stereocenters. The van der Waals surface area contributed by atoms with E-state index >= 15 is 0 Å². The molecule has 4 heteroatoms. The van der Waals surface area contributed by atoms with Gasteiger partial charge in [-0.2, -0.15) is 0 Å². The van der Waals surface area contributed by atoms with Gasteiger partial charge < -0.3 is 9.55 Å². The maximum absolute atomic E-state index is 4.57. The SMILES string of the molecule is Cc1cnc(-c2nc3ccccc3n2C)[nH]1. The zero-order valence-corrected chi connectivity index (χ0v) is 9.23. The lowest BCUT2D eigenvalue weighted by Crippen LogP contribution is -1.93. The van der Waals surface area contributed by atoms with Crippen molar-refractivity contribution in [3.05, 3.63) is 36.2 Å². The third kappa shape index (κ3) is 1.23. The first kappa shape index (κ1) is 9.15. The van der Waals surface area contributed by atoms with E-state index in [1.165, 1.54) is 0 Å². The van der Waals surface area contributed by atoms with Crippen LogP contribution in [0.4, 0.5) is 0 Å². The van der Waals surface area contributed by atoms with Crippen molar-refractivity contribution in [1.82, 2.24) is 19.5 Å². The Morgan fingerprint density at radius 2 is 2.06 bits per heavy atom. The standard InChI is InChI=1S/C12H12N4/c1-8-7-13-11(14-8)12-15-9-5-3-4-6-10(9)16(12)2/h3-7H,1-2H3,(H,13,14). The number of hydrogen-bond acceptors (Lipinski definition) is 2. The van der Waals surface area contributed by atoms with Gasteiger partial charge in [-0.3, -0.25) is 0 Å². The third-order valence-corrected chi connectivity index (χ3v) is 2.70. The topological polar surface area (TPSA) is 46.5 Å². The highest BCUT2D eigenvalue weighted by Gasteiger charge is 2.11. The minimum absolute atomic E-state index is 0.816. The van der Waals surface area contributed by atoms with E-state index in [2.05, 4.69) is 21.0 Å². The average molecular weight is 212 g/mol. The molecule has 16 heavy (non-hydrogen) atoms. The lowest BCUT2D eigenvalue weighted by Gasteiger charge is -1.97. The van der Waals surface area contributed by atoms with Gasteiger partial charge in [0.05, 0.1) is 11.0 Å². The molecule has 3 rings (SSSR count). The van der Waals surface area contributed by atoms with Gasteiger partial charge in [-0.25, -0.2) is 9.97 Å². The van der Waals surface area contributed by atoms with Gasteiger partial charge in [0.1, 0.15) is 0 Å². The van der Waals surface area contributed by atoms with Crippen molar-refractivity contribution in [2.45, 2.75) is 6.92 Å². The van der Waals surface area contributed by atoms with Crippen LogP contribution in [0.25, 0.3) is 22.7 Å². The average Bonchev–Trinajstić information content (AvgIpc) is 2.84.